The monoisotopic (exact) mass is 241 g/mol. The Hall–Kier alpha value is -0.610. The van der Waals surface area contributed by atoms with Crippen molar-refractivity contribution >= 4 is 5.91 Å². The SMILES string of the molecule is CCCC1CCCN(CC(C)C(=O)NN)CC1. The summed E-state index contributed by atoms with van der Waals surface area (Å²) in [6, 6.07) is 0. The summed E-state index contributed by atoms with van der Waals surface area (Å²) in [5.41, 5.74) is 2.23. The number of hydrogen-bond acceptors (Lipinski definition) is 3. The van der Waals surface area contributed by atoms with Crippen LogP contribution in [-0.2, 0) is 4.79 Å². The summed E-state index contributed by atoms with van der Waals surface area (Å²) in [6.07, 6.45) is 6.54. The summed E-state index contributed by atoms with van der Waals surface area (Å²) < 4.78 is 0. The van der Waals surface area contributed by atoms with Gasteiger partial charge in [-0.15, -0.1) is 0 Å². The number of nitrogens with two attached hydrogens (primary N) is 1. The van der Waals surface area contributed by atoms with Crippen LogP contribution in [0, 0.1) is 11.8 Å². The zero-order valence-corrected chi connectivity index (χ0v) is 11.2. The Labute approximate surface area is 105 Å². The molecule has 1 fully saturated rings. The van der Waals surface area contributed by atoms with Crippen molar-refractivity contribution in [3.63, 3.8) is 0 Å². The van der Waals surface area contributed by atoms with Crippen LogP contribution in [0.2, 0.25) is 0 Å². The third-order valence-electron chi connectivity index (χ3n) is 3.76. The molecule has 1 rings (SSSR count). The van der Waals surface area contributed by atoms with Crippen molar-refractivity contribution in [1.82, 2.24) is 10.3 Å². The van der Waals surface area contributed by atoms with Crippen LogP contribution >= 0.6 is 0 Å². The highest BCUT2D eigenvalue weighted by Crippen LogP contribution is 2.22. The highest BCUT2D eigenvalue weighted by molar-refractivity contribution is 5.77. The van der Waals surface area contributed by atoms with E-state index in [4.69, 9.17) is 5.84 Å². The van der Waals surface area contributed by atoms with Crippen LogP contribution in [0.25, 0.3) is 0 Å². The summed E-state index contributed by atoms with van der Waals surface area (Å²) in [7, 11) is 0. The van der Waals surface area contributed by atoms with Gasteiger partial charge in [-0.25, -0.2) is 5.84 Å². The molecule has 0 aromatic heterocycles. The molecular weight excluding hydrogens is 214 g/mol. The molecule has 1 heterocycles. The van der Waals surface area contributed by atoms with Crippen molar-refractivity contribution in [1.29, 1.82) is 0 Å². The number of amides is 1. The topological polar surface area (TPSA) is 58.4 Å². The van der Waals surface area contributed by atoms with Crippen molar-refractivity contribution in [2.24, 2.45) is 17.7 Å². The maximum absolute atomic E-state index is 11.4. The smallest absolute Gasteiger partial charge is 0.237 e. The summed E-state index contributed by atoms with van der Waals surface area (Å²) in [5.74, 6) is 5.98. The number of hydrazine groups is 1. The molecule has 4 heteroatoms. The lowest BCUT2D eigenvalue weighted by Gasteiger charge is -2.23. The van der Waals surface area contributed by atoms with Crippen LogP contribution in [0.15, 0.2) is 0 Å². The van der Waals surface area contributed by atoms with Crippen molar-refractivity contribution in [2.45, 2.75) is 46.0 Å². The highest BCUT2D eigenvalue weighted by Gasteiger charge is 2.20. The maximum Gasteiger partial charge on any atom is 0.237 e. The summed E-state index contributed by atoms with van der Waals surface area (Å²) in [6.45, 7) is 7.30. The molecule has 0 spiro atoms. The molecule has 4 nitrogen and oxygen atoms in total. The molecule has 0 aromatic carbocycles. The molecule has 1 aliphatic rings. The van der Waals surface area contributed by atoms with Gasteiger partial charge < -0.3 is 4.90 Å². The van der Waals surface area contributed by atoms with Crippen molar-refractivity contribution < 1.29 is 4.79 Å². The van der Waals surface area contributed by atoms with Gasteiger partial charge in [-0.3, -0.25) is 10.2 Å². The first-order chi connectivity index (χ1) is 8.17. The molecule has 2 unspecified atom stereocenters. The van der Waals surface area contributed by atoms with Gasteiger partial charge >= 0.3 is 0 Å². The second-order valence-corrected chi connectivity index (χ2v) is 5.30. The van der Waals surface area contributed by atoms with Gasteiger partial charge in [0.1, 0.15) is 0 Å². The molecule has 0 aliphatic carbocycles. The van der Waals surface area contributed by atoms with Gasteiger partial charge in [0, 0.05) is 12.5 Å². The van der Waals surface area contributed by atoms with Gasteiger partial charge in [-0.1, -0.05) is 26.7 Å². The molecule has 0 aromatic rings. The molecule has 17 heavy (non-hydrogen) atoms. The average molecular weight is 241 g/mol. The Morgan fingerprint density at radius 3 is 2.88 bits per heavy atom. The van der Waals surface area contributed by atoms with Gasteiger partial charge in [0.05, 0.1) is 0 Å². The minimum atomic E-state index is -0.0562. The van der Waals surface area contributed by atoms with E-state index in [1.807, 2.05) is 6.92 Å². The van der Waals surface area contributed by atoms with Crippen LogP contribution in [0.1, 0.15) is 46.0 Å². The standard InChI is InChI=1S/C13H27N3O/c1-3-5-12-6-4-8-16(9-7-12)10-11(2)13(17)15-14/h11-12H,3-10,14H2,1-2H3,(H,15,17). The second kappa shape index (κ2) is 7.67. The van der Waals surface area contributed by atoms with E-state index in [9.17, 15) is 4.79 Å². The third-order valence-corrected chi connectivity index (χ3v) is 3.76. The fourth-order valence-electron chi connectivity index (χ4n) is 2.72. The summed E-state index contributed by atoms with van der Waals surface area (Å²) in [4.78, 5) is 13.8. The third kappa shape index (κ3) is 5.04. The van der Waals surface area contributed by atoms with E-state index in [2.05, 4.69) is 17.2 Å². The minimum absolute atomic E-state index is 0.0114. The van der Waals surface area contributed by atoms with E-state index < -0.39 is 0 Å². The fourth-order valence-corrected chi connectivity index (χ4v) is 2.72. The Bertz CT molecular complexity index is 233. The van der Waals surface area contributed by atoms with E-state index in [0.29, 0.717) is 0 Å². The zero-order chi connectivity index (χ0) is 12.7. The number of rotatable bonds is 5. The predicted molar refractivity (Wildman–Crippen MR) is 70.2 cm³/mol. The Morgan fingerprint density at radius 2 is 2.24 bits per heavy atom. The number of hydrogen-bond donors (Lipinski definition) is 2. The van der Waals surface area contributed by atoms with Gasteiger partial charge in [0.15, 0.2) is 0 Å². The average Bonchev–Trinajstić information content (AvgIpc) is 2.54. The maximum atomic E-state index is 11.4. The molecule has 0 saturated carbocycles. The summed E-state index contributed by atoms with van der Waals surface area (Å²) >= 11 is 0. The Kier molecular flexibility index (Phi) is 6.52. The molecule has 3 N–H and O–H groups in total. The minimum Gasteiger partial charge on any atom is -0.303 e. The van der Waals surface area contributed by atoms with Crippen molar-refractivity contribution in [3.8, 4) is 0 Å². The van der Waals surface area contributed by atoms with E-state index >= 15 is 0 Å². The first-order valence-corrected chi connectivity index (χ1v) is 6.90. The number of carbonyl (C=O) groups excluding carboxylic acids is 1. The van der Waals surface area contributed by atoms with Crippen molar-refractivity contribution in [3.05, 3.63) is 0 Å². The van der Waals surface area contributed by atoms with E-state index in [-0.39, 0.29) is 11.8 Å². The largest absolute Gasteiger partial charge is 0.303 e. The van der Waals surface area contributed by atoms with Crippen molar-refractivity contribution in [2.75, 3.05) is 19.6 Å². The predicted octanol–water partition coefficient (Wildman–Crippen LogP) is 1.51. The lowest BCUT2D eigenvalue weighted by Crippen LogP contribution is -2.40. The van der Waals surface area contributed by atoms with E-state index in [1.54, 1.807) is 0 Å². The van der Waals surface area contributed by atoms with Gasteiger partial charge in [-0.05, 0) is 38.3 Å². The fraction of sp³-hybridized carbons (Fsp3) is 0.923. The van der Waals surface area contributed by atoms with Gasteiger partial charge in [-0.2, -0.15) is 0 Å². The number of nitrogens with zero attached hydrogens (tertiary/aromatic N) is 1. The number of carbonyl (C=O) groups is 1. The van der Waals surface area contributed by atoms with E-state index in [0.717, 1.165) is 25.6 Å². The zero-order valence-electron chi connectivity index (χ0n) is 11.2. The van der Waals surface area contributed by atoms with Crippen LogP contribution in [0.3, 0.4) is 0 Å². The first-order valence-electron chi connectivity index (χ1n) is 6.90. The highest BCUT2D eigenvalue weighted by atomic mass is 16.2. The number of nitrogens with one attached hydrogen (secondary N) is 1. The molecule has 1 aliphatic heterocycles. The van der Waals surface area contributed by atoms with Crippen LogP contribution in [0.4, 0.5) is 0 Å². The van der Waals surface area contributed by atoms with Crippen LogP contribution in [0.5, 0.6) is 0 Å². The van der Waals surface area contributed by atoms with Crippen LogP contribution in [-0.4, -0.2) is 30.4 Å². The lowest BCUT2D eigenvalue weighted by molar-refractivity contribution is -0.125. The van der Waals surface area contributed by atoms with Gasteiger partial charge in [0.25, 0.3) is 0 Å². The first kappa shape index (κ1) is 14.5. The molecule has 1 amide bonds. The molecule has 0 radical (unpaired) electrons. The summed E-state index contributed by atoms with van der Waals surface area (Å²) in [5, 5.41) is 0. The van der Waals surface area contributed by atoms with Crippen LogP contribution < -0.4 is 11.3 Å². The molecule has 0 bridgehead atoms. The molecule has 1 saturated heterocycles. The number of likely N-dealkylation sites (tertiary alicyclic amines) is 1. The quantitative estimate of drug-likeness (QED) is 0.436. The normalized spacial score (nSPS) is 24.1. The second-order valence-electron chi connectivity index (χ2n) is 5.30. The molecule has 2 atom stereocenters. The molecular formula is C13H27N3O. The van der Waals surface area contributed by atoms with Gasteiger partial charge in [0.2, 0.25) is 5.91 Å². The molecule has 100 valence electrons. The van der Waals surface area contributed by atoms with E-state index in [1.165, 1.54) is 32.1 Å². The lowest BCUT2D eigenvalue weighted by atomic mass is 9.96. The Balaban J connectivity index is 2.33. The Morgan fingerprint density at radius 1 is 1.47 bits per heavy atom.